The van der Waals surface area contributed by atoms with Gasteiger partial charge in [-0.05, 0) is 49.4 Å². The second kappa shape index (κ2) is 6.49. The maximum Gasteiger partial charge on any atom is 0.123 e. The highest BCUT2D eigenvalue weighted by molar-refractivity contribution is 5.39. The van der Waals surface area contributed by atoms with Crippen molar-refractivity contribution in [3.8, 4) is 11.8 Å². The van der Waals surface area contributed by atoms with Gasteiger partial charge in [0.05, 0.1) is 6.07 Å². The SMILES string of the molecule is CCNC1(C#N)CCC(Oc2cc(C)ccc2C(C)C)C1. The predicted octanol–water partition coefficient (Wildman–Crippen LogP) is 3.92. The van der Waals surface area contributed by atoms with E-state index in [-0.39, 0.29) is 6.10 Å². The minimum atomic E-state index is -0.402. The van der Waals surface area contributed by atoms with Gasteiger partial charge in [-0.3, -0.25) is 5.32 Å². The number of hydrogen-bond acceptors (Lipinski definition) is 3. The standard InChI is InChI=1S/C18H26N2O/c1-5-20-18(12-19)9-8-15(11-18)21-17-10-14(4)6-7-16(17)13(2)3/h6-7,10,13,15,20H,5,8-9,11H2,1-4H3. The fourth-order valence-electron chi connectivity index (χ4n) is 3.14. The van der Waals surface area contributed by atoms with Crippen molar-refractivity contribution in [3.63, 3.8) is 0 Å². The van der Waals surface area contributed by atoms with Crippen molar-refractivity contribution in [1.29, 1.82) is 5.26 Å². The Morgan fingerprint density at radius 2 is 2.24 bits per heavy atom. The average Bonchev–Trinajstić information content (AvgIpc) is 2.83. The molecule has 1 N–H and O–H groups in total. The van der Waals surface area contributed by atoms with Crippen molar-refractivity contribution in [2.75, 3.05) is 6.54 Å². The van der Waals surface area contributed by atoms with Crippen LogP contribution in [0.5, 0.6) is 5.75 Å². The summed E-state index contributed by atoms with van der Waals surface area (Å²) in [6.07, 6.45) is 2.70. The Hall–Kier alpha value is -1.53. The van der Waals surface area contributed by atoms with Crippen molar-refractivity contribution in [3.05, 3.63) is 29.3 Å². The molecule has 1 aliphatic rings. The average molecular weight is 286 g/mol. The van der Waals surface area contributed by atoms with Gasteiger partial charge in [0.2, 0.25) is 0 Å². The molecule has 0 bridgehead atoms. The van der Waals surface area contributed by atoms with Crippen LogP contribution in [-0.4, -0.2) is 18.2 Å². The molecular weight excluding hydrogens is 260 g/mol. The molecule has 0 heterocycles. The largest absolute Gasteiger partial charge is 0.490 e. The van der Waals surface area contributed by atoms with Gasteiger partial charge in [-0.1, -0.05) is 32.9 Å². The Morgan fingerprint density at radius 1 is 1.48 bits per heavy atom. The molecule has 0 aromatic heterocycles. The van der Waals surface area contributed by atoms with E-state index in [4.69, 9.17) is 4.74 Å². The first kappa shape index (κ1) is 15.9. The van der Waals surface area contributed by atoms with Crippen LogP contribution in [0.15, 0.2) is 18.2 Å². The van der Waals surface area contributed by atoms with E-state index in [1.165, 1.54) is 11.1 Å². The Labute approximate surface area is 128 Å². The van der Waals surface area contributed by atoms with Gasteiger partial charge in [-0.25, -0.2) is 0 Å². The van der Waals surface area contributed by atoms with Crippen molar-refractivity contribution in [1.82, 2.24) is 5.32 Å². The number of aryl methyl sites for hydroxylation is 1. The van der Waals surface area contributed by atoms with Gasteiger partial charge >= 0.3 is 0 Å². The second-order valence-corrected chi connectivity index (χ2v) is 6.40. The van der Waals surface area contributed by atoms with Gasteiger partial charge in [-0.15, -0.1) is 0 Å². The lowest BCUT2D eigenvalue weighted by Crippen LogP contribution is -2.42. The van der Waals surface area contributed by atoms with Crippen LogP contribution in [0.2, 0.25) is 0 Å². The Bertz CT molecular complexity index is 533. The highest BCUT2D eigenvalue weighted by atomic mass is 16.5. The highest BCUT2D eigenvalue weighted by Gasteiger charge is 2.40. The zero-order valence-corrected chi connectivity index (χ0v) is 13.6. The summed E-state index contributed by atoms with van der Waals surface area (Å²) in [4.78, 5) is 0. The van der Waals surface area contributed by atoms with E-state index >= 15 is 0 Å². The van der Waals surface area contributed by atoms with Crippen molar-refractivity contribution in [2.45, 2.75) is 64.5 Å². The molecule has 1 fully saturated rings. The van der Waals surface area contributed by atoms with Crippen LogP contribution in [0, 0.1) is 18.3 Å². The number of nitriles is 1. The van der Waals surface area contributed by atoms with Crippen molar-refractivity contribution in [2.24, 2.45) is 0 Å². The molecule has 1 aromatic carbocycles. The molecule has 0 aliphatic heterocycles. The molecule has 1 aliphatic carbocycles. The molecule has 3 nitrogen and oxygen atoms in total. The zero-order chi connectivity index (χ0) is 15.5. The van der Waals surface area contributed by atoms with Gasteiger partial charge in [-0.2, -0.15) is 5.26 Å². The lowest BCUT2D eigenvalue weighted by atomic mass is 9.99. The molecule has 21 heavy (non-hydrogen) atoms. The van der Waals surface area contributed by atoms with Crippen LogP contribution >= 0.6 is 0 Å². The summed E-state index contributed by atoms with van der Waals surface area (Å²) in [5.41, 5.74) is 2.06. The van der Waals surface area contributed by atoms with Crippen LogP contribution in [0.4, 0.5) is 0 Å². The smallest absolute Gasteiger partial charge is 0.123 e. The highest BCUT2D eigenvalue weighted by Crippen LogP contribution is 2.35. The zero-order valence-electron chi connectivity index (χ0n) is 13.6. The molecule has 0 saturated heterocycles. The molecule has 0 radical (unpaired) electrons. The summed E-state index contributed by atoms with van der Waals surface area (Å²) in [7, 11) is 0. The van der Waals surface area contributed by atoms with E-state index in [1.54, 1.807) is 0 Å². The third-order valence-electron chi connectivity index (χ3n) is 4.28. The number of benzene rings is 1. The van der Waals surface area contributed by atoms with Crippen LogP contribution in [-0.2, 0) is 0 Å². The number of hydrogen-bond donors (Lipinski definition) is 1. The third kappa shape index (κ3) is 3.57. The fourth-order valence-corrected chi connectivity index (χ4v) is 3.14. The maximum atomic E-state index is 9.45. The first-order valence-corrected chi connectivity index (χ1v) is 7.93. The Morgan fingerprint density at radius 3 is 2.86 bits per heavy atom. The molecule has 0 spiro atoms. The molecule has 114 valence electrons. The van der Waals surface area contributed by atoms with Crippen LogP contribution in [0.1, 0.15) is 57.1 Å². The van der Waals surface area contributed by atoms with Crippen LogP contribution in [0.25, 0.3) is 0 Å². The second-order valence-electron chi connectivity index (χ2n) is 6.40. The summed E-state index contributed by atoms with van der Waals surface area (Å²) in [5, 5.41) is 12.8. The van der Waals surface area contributed by atoms with E-state index in [0.29, 0.717) is 5.92 Å². The minimum absolute atomic E-state index is 0.128. The normalized spacial score (nSPS) is 25.0. The predicted molar refractivity (Wildman–Crippen MR) is 85.6 cm³/mol. The van der Waals surface area contributed by atoms with E-state index < -0.39 is 5.54 Å². The van der Waals surface area contributed by atoms with Gasteiger partial charge < -0.3 is 4.74 Å². The summed E-state index contributed by atoms with van der Waals surface area (Å²) in [5.74, 6) is 1.43. The topological polar surface area (TPSA) is 45.0 Å². The van der Waals surface area contributed by atoms with Crippen molar-refractivity contribution >= 4 is 0 Å². The lowest BCUT2D eigenvalue weighted by molar-refractivity contribution is 0.198. The molecule has 2 rings (SSSR count). The fraction of sp³-hybridized carbons (Fsp3) is 0.611. The Kier molecular flexibility index (Phi) is 4.90. The van der Waals surface area contributed by atoms with Crippen molar-refractivity contribution < 1.29 is 4.74 Å². The number of nitrogens with one attached hydrogen (secondary N) is 1. The molecular formula is C18H26N2O. The number of rotatable bonds is 5. The summed E-state index contributed by atoms with van der Waals surface area (Å²) < 4.78 is 6.26. The molecule has 1 aromatic rings. The van der Waals surface area contributed by atoms with E-state index in [9.17, 15) is 5.26 Å². The maximum absolute atomic E-state index is 9.45. The lowest BCUT2D eigenvalue weighted by Gasteiger charge is -2.23. The van der Waals surface area contributed by atoms with Gasteiger partial charge in [0.1, 0.15) is 17.4 Å². The molecule has 1 saturated carbocycles. The molecule has 2 atom stereocenters. The van der Waals surface area contributed by atoms with E-state index in [0.717, 1.165) is 31.6 Å². The van der Waals surface area contributed by atoms with E-state index in [2.05, 4.69) is 50.4 Å². The van der Waals surface area contributed by atoms with E-state index in [1.807, 2.05) is 6.92 Å². The molecule has 0 amide bonds. The molecule has 3 heteroatoms. The first-order valence-electron chi connectivity index (χ1n) is 7.93. The van der Waals surface area contributed by atoms with Crippen LogP contribution < -0.4 is 10.1 Å². The minimum Gasteiger partial charge on any atom is -0.490 e. The van der Waals surface area contributed by atoms with Gasteiger partial charge in [0.15, 0.2) is 0 Å². The third-order valence-corrected chi connectivity index (χ3v) is 4.28. The molecule has 2 unspecified atom stereocenters. The van der Waals surface area contributed by atoms with Crippen LogP contribution in [0.3, 0.4) is 0 Å². The number of nitrogens with zero attached hydrogens (tertiary/aromatic N) is 1. The summed E-state index contributed by atoms with van der Waals surface area (Å²) in [6.45, 7) is 9.32. The van der Waals surface area contributed by atoms with Gasteiger partial charge in [0, 0.05) is 6.42 Å². The Balaban J connectivity index is 2.13. The quantitative estimate of drug-likeness (QED) is 0.892. The monoisotopic (exact) mass is 286 g/mol. The first-order chi connectivity index (χ1) is 9.99. The summed E-state index contributed by atoms with van der Waals surface area (Å²) in [6, 6.07) is 8.86. The van der Waals surface area contributed by atoms with Gasteiger partial charge in [0.25, 0.3) is 0 Å². The number of ether oxygens (including phenoxy) is 1. The summed E-state index contributed by atoms with van der Waals surface area (Å²) >= 11 is 0.